The van der Waals surface area contributed by atoms with Crippen LogP contribution < -0.4 is 10.9 Å². The summed E-state index contributed by atoms with van der Waals surface area (Å²) in [6.45, 7) is 6.87. The van der Waals surface area contributed by atoms with E-state index in [9.17, 15) is 23.6 Å². The molecule has 2 saturated heterocycles. The molecule has 2 aromatic carbocycles. The van der Waals surface area contributed by atoms with Gasteiger partial charge in [0.15, 0.2) is 0 Å². The van der Waals surface area contributed by atoms with E-state index in [2.05, 4.69) is 35.4 Å². The maximum absolute atomic E-state index is 14.9. The normalized spacial score (nSPS) is 26.6. The Morgan fingerprint density at radius 2 is 1.84 bits per heavy atom. The number of carbonyl (C=O) groups is 3. The van der Waals surface area contributed by atoms with Crippen LogP contribution in [0, 0.1) is 29.0 Å². The zero-order chi connectivity index (χ0) is 34.3. The Morgan fingerprint density at radius 1 is 1.08 bits per heavy atom. The number of H-pyrrole nitrogens is 1. The van der Waals surface area contributed by atoms with Gasteiger partial charge in [-0.15, -0.1) is 0 Å². The van der Waals surface area contributed by atoms with Crippen molar-refractivity contribution in [2.24, 2.45) is 23.2 Å². The van der Waals surface area contributed by atoms with E-state index in [4.69, 9.17) is 4.74 Å². The van der Waals surface area contributed by atoms with Gasteiger partial charge in [-0.2, -0.15) is 5.10 Å². The number of aromatic nitrogens is 2. The maximum atomic E-state index is 14.9. The minimum atomic E-state index is -0.609. The van der Waals surface area contributed by atoms with Crippen molar-refractivity contribution in [3.63, 3.8) is 0 Å². The van der Waals surface area contributed by atoms with Gasteiger partial charge < -0.3 is 19.9 Å². The van der Waals surface area contributed by atoms with Crippen LogP contribution in [0.15, 0.2) is 58.9 Å². The third-order valence-electron chi connectivity index (χ3n) is 11.3. The zero-order valence-corrected chi connectivity index (χ0v) is 28.2. The van der Waals surface area contributed by atoms with E-state index in [1.165, 1.54) is 24.5 Å². The molecule has 3 heterocycles. The van der Waals surface area contributed by atoms with E-state index in [1.54, 1.807) is 34.1 Å². The van der Waals surface area contributed by atoms with E-state index >= 15 is 0 Å². The molecule has 2 aliphatic heterocycles. The number of aromatic amines is 1. The first-order valence-electron chi connectivity index (χ1n) is 17.6. The van der Waals surface area contributed by atoms with Crippen LogP contribution in [0.1, 0.15) is 67.6 Å². The molecule has 1 saturated carbocycles. The lowest BCUT2D eigenvalue weighted by atomic mass is 9.59. The molecule has 7 rings (SSSR count). The number of hydrogen-bond donors (Lipinski definition) is 2. The lowest BCUT2D eigenvalue weighted by molar-refractivity contribution is -0.145. The Labute approximate surface area is 285 Å². The molecular formula is C38H44FN5O5. The zero-order valence-electron chi connectivity index (χ0n) is 28.2. The fourth-order valence-electron chi connectivity index (χ4n) is 8.57. The lowest BCUT2D eigenvalue weighted by Gasteiger charge is -2.46. The predicted molar refractivity (Wildman–Crippen MR) is 182 cm³/mol. The van der Waals surface area contributed by atoms with Gasteiger partial charge in [-0.1, -0.05) is 56.2 Å². The van der Waals surface area contributed by atoms with Gasteiger partial charge in [0.1, 0.15) is 11.9 Å². The van der Waals surface area contributed by atoms with Crippen LogP contribution in [-0.2, 0) is 20.7 Å². The molecule has 3 fully saturated rings. The van der Waals surface area contributed by atoms with Crippen molar-refractivity contribution in [3.8, 4) is 0 Å². The number of fused-ring (bicyclic) bond motifs is 3. The number of esters is 1. The largest absolute Gasteiger partial charge is 0.461 e. The van der Waals surface area contributed by atoms with Gasteiger partial charge in [0.25, 0.3) is 11.5 Å². The lowest BCUT2D eigenvalue weighted by Crippen LogP contribution is -2.51. The Bertz CT molecular complexity index is 1870. The summed E-state index contributed by atoms with van der Waals surface area (Å²) in [5.74, 6) is -0.829. The van der Waals surface area contributed by atoms with Crippen LogP contribution in [0.5, 0.6) is 0 Å². The van der Waals surface area contributed by atoms with Crippen molar-refractivity contribution < 1.29 is 23.5 Å². The number of carbonyl (C=O) groups excluding carboxylic acids is 3. The van der Waals surface area contributed by atoms with E-state index in [0.717, 1.165) is 12.8 Å². The standard InChI is InChI=1S/C38H44FN5O5/c1-23-6-5-12-38(2)21-33-27(20-30(23)38)29(37(48)49-33)22-40-13-11-34(45)43-14-16-44(17-15-43)36(47)28-18-24(9-10-31(28)39)19-32-25-7-3-4-8-26(25)35(46)42-41-32/h3-4,7-10,18,20,23,27,29,33,40H,5-6,11-17,19,21-22H2,1-2H3,(H,42,46)/t23-,27?,29?,33?,38+/m0/s1. The number of piperazine rings is 1. The summed E-state index contributed by atoms with van der Waals surface area (Å²) in [6, 6.07) is 11.6. The highest BCUT2D eigenvalue weighted by Crippen LogP contribution is 2.53. The molecule has 3 unspecified atom stereocenters. The Kier molecular flexibility index (Phi) is 9.13. The molecule has 2 aliphatic carbocycles. The summed E-state index contributed by atoms with van der Waals surface area (Å²) in [6.07, 6.45) is 7.33. The molecule has 0 bridgehead atoms. The number of benzene rings is 2. The average Bonchev–Trinajstić information content (AvgIpc) is 3.40. The Morgan fingerprint density at radius 3 is 2.63 bits per heavy atom. The van der Waals surface area contributed by atoms with Crippen molar-refractivity contribution in [2.75, 3.05) is 39.3 Å². The molecule has 4 aliphatic rings. The number of nitrogens with one attached hydrogen (secondary N) is 2. The second-order valence-electron chi connectivity index (χ2n) is 14.5. The van der Waals surface area contributed by atoms with Gasteiger partial charge in [-0.05, 0) is 54.4 Å². The van der Waals surface area contributed by atoms with E-state index in [0.29, 0.717) is 73.6 Å². The molecule has 10 nitrogen and oxygen atoms in total. The summed E-state index contributed by atoms with van der Waals surface area (Å²) in [5, 5.41) is 11.3. The monoisotopic (exact) mass is 669 g/mol. The fourth-order valence-corrected chi connectivity index (χ4v) is 8.57. The molecule has 1 aromatic heterocycles. The van der Waals surface area contributed by atoms with E-state index < -0.39 is 11.7 Å². The summed E-state index contributed by atoms with van der Waals surface area (Å²) < 4.78 is 20.8. The van der Waals surface area contributed by atoms with Crippen LogP contribution in [0.4, 0.5) is 4.39 Å². The minimum absolute atomic E-state index is 0.0214. The quantitative estimate of drug-likeness (QED) is 0.209. The number of allylic oxidation sites excluding steroid dienone is 1. The second-order valence-corrected chi connectivity index (χ2v) is 14.5. The van der Waals surface area contributed by atoms with Crippen molar-refractivity contribution in [1.29, 1.82) is 0 Å². The molecule has 258 valence electrons. The molecule has 2 amide bonds. The third-order valence-corrected chi connectivity index (χ3v) is 11.3. The van der Waals surface area contributed by atoms with Crippen LogP contribution in [0.2, 0.25) is 0 Å². The number of ether oxygens (including phenoxy) is 1. The van der Waals surface area contributed by atoms with Crippen LogP contribution >= 0.6 is 0 Å². The average molecular weight is 670 g/mol. The molecule has 0 spiro atoms. The van der Waals surface area contributed by atoms with Crippen LogP contribution in [0.25, 0.3) is 10.8 Å². The number of rotatable bonds is 8. The third kappa shape index (κ3) is 6.52. The smallest absolute Gasteiger partial charge is 0.311 e. The summed E-state index contributed by atoms with van der Waals surface area (Å²) >= 11 is 0. The summed E-state index contributed by atoms with van der Waals surface area (Å²) in [7, 11) is 0. The predicted octanol–water partition coefficient (Wildman–Crippen LogP) is 4.23. The SMILES string of the molecule is C[C@H]1CCC[C@]2(C)CC3OC(=O)C(CNCCC(=O)N4CCN(C(=O)c5cc(Cc6n[nH]c(=O)c7ccccc67)ccc5F)CC4)C3C=C12. The fraction of sp³-hybridized carbons (Fsp3) is 0.500. The highest BCUT2D eigenvalue weighted by molar-refractivity contribution is 5.95. The van der Waals surface area contributed by atoms with Crippen molar-refractivity contribution in [1.82, 2.24) is 25.3 Å². The van der Waals surface area contributed by atoms with Gasteiger partial charge in [-0.3, -0.25) is 19.2 Å². The van der Waals surface area contributed by atoms with E-state index in [-0.39, 0.29) is 52.8 Å². The molecule has 11 heteroatoms. The molecule has 3 aromatic rings. The summed E-state index contributed by atoms with van der Waals surface area (Å²) in [5.41, 5.74) is 2.62. The first-order chi connectivity index (χ1) is 23.6. The second kappa shape index (κ2) is 13.5. The van der Waals surface area contributed by atoms with Gasteiger partial charge in [0, 0.05) is 63.4 Å². The number of nitrogens with zero attached hydrogens (tertiary/aromatic N) is 3. The van der Waals surface area contributed by atoms with Crippen molar-refractivity contribution >= 4 is 28.6 Å². The summed E-state index contributed by atoms with van der Waals surface area (Å²) in [4.78, 5) is 54.8. The Hall–Kier alpha value is -4.38. The van der Waals surface area contributed by atoms with Crippen LogP contribution in [0.3, 0.4) is 0 Å². The molecule has 2 N–H and O–H groups in total. The van der Waals surface area contributed by atoms with Crippen molar-refractivity contribution in [3.05, 3.63) is 87.1 Å². The minimum Gasteiger partial charge on any atom is -0.461 e. The topological polar surface area (TPSA) is 125 Å². The maximum Gasteiger partial charge on any atom is 0.311 e. The number of amides is 2. The molecule has 49 heavy (non-hydrogen) atoms. The highest BCUT2D eigenvalue weighted by atomic mass is 19.1. The first kappa shape index (κ1) is 33.1. The van der Waals surface area contributed by atoms with Gasteiger partial charge in [0.05, 0.1) is 22.6 Å². The molecular weight excluding hydrogens is 625 g/mol. The Balaban J connectivity index is 0.901. The van der Waals surface area contributed by atoms with E-state index in [1.807, 2.05) is 12.1 Å². The number of hydrogen-bond acceptors (Lipinski definition) is 7. The van der Waals surface area contributed by atoms with Crippen molar-refractivity contribution in [2.45, 2.75) is 58.5 Å². The highest BCUT2D eigenvalue weighted by Gasteiger charge is 2.51. The van der Waals surface area contributed by atoms with Gasteiger partial charge in [-0.25, -0.2) is 9.49 Å². The van der Waals surface area contributed by atoms with Crippen LogP contribution in [-0.4, -0.2) is 83.2 Å². The molecule has 0 radical (unpaired) electrons. The number of halogens is 1. The van der Waals surface area contributed by atoms with Gasteiger partial charge in [0.2, 0.25) is 5.91 Å². The molecule has 5 atom stereocenters. The first-order valence-corrected chi connectivity index (χ1v) is 17.6. The van der Waals surface area contributed by atoms with Gasteiger partial charge >= 0.3 is 5.97 Å².